The first-order valence-corrected chi connectivity index (χ1v) is 6.26. The molecular weight excluding hydrogens is 251 g/mol. The van der Waals surface area contributed by atoms with Gasteiger partial charge in [-0.05, 0) is 34.4 Å². The predicted octanol–water partition coefficient (Wildman–Crippen LogP) is 4.35. The Morgan fingerprint density at radius 3 is 2.32 bits per heavy atom. The monoisotopic (exact) mass is 267 g/mol. The summed E-state index contributed by atoms with van der Waals surface area (Å²) in [6, 6.07) is 8.57. The lowest BCUT2D eigenvalue weighted by molar-refractivity contribution is -0.149. The van der Waals surface area contributed by atoms with E-state index in [1.54, 1.807) is 6.07 Å². The summed E-state index contributed by atoms with van der Waals surface area (Å²) in [4.78, 5) is 0. The van der Waals surface area contributed by atoms with Gasteiger partial charge >= 0.3 is 6.18 Å². The Morgan fingerprint density at radius 1 is 1.05 bits per heavy atom. The lowest BCUT2D eigenvalue weighted by atomic mass is 9.99. The average Bonchev–Trinajstić information content (AvgIpc) is 2.36. The van der Waals surface area contributed by atoms with Crippen molar-refractivity contribution in [2.24, 2.45) is 5.73 Å². The normalized spacial score (nSPS) is 13.7. The van der Waals surface area contributed by atoms with Crippen molar-refractivity contribution in [1.29, 1.82) is 0 Å². The lowest BCUT2D eigenvalue weighted by Gasteiger charge is -2.16. The molecule has 0 bridgehead atoms. The third-order valence-corrected chi connectivity index (χ3v) is 3.18. The van der Waals surface area contributed by atoms with Gasteiger partial charge in [-0.1, -0.05) is 43.7 Å². The smallest absolute Gasteiger partial charge is 0.316 e. The predicted molar refractivity (Wildman–Crippen MR) is 70.9 cm³/mol. The van der Waals surface area contributed by atoms with Crippen molar-refractivity contribution in [2.75, 3.05) is 0 Å². The van der Waals surface area contributed by atoms with Crippen LogP contribution >= 0.6 is 0 Å². The SMILES string of the molecule is CCCc1ccc2cc([C@H](N)C(F)(F)F)ccc2c1. The molecular formula is C15H16F3N. The molecule has 2 aromatic carbocycles. The van der Waals surface area contributed by atoms with Gasteiger partial charge in [0.05, 0.1) is 0 Å². The second kappa shape index (κ2) is 5.21. The topological polar surface area (TPSA) is 26.0 Å². The van der Waals surface area contributed by atoms with Gasteiger partial charge in [-0.15, -0.1) is 0 Å². The number of hydrogen-bond acceptors (Lipinski definition) is 1. The molecule has 102 valence electrons. The molecule has 0 aliphatic heterocycles. The molecule has 0 unspecified atom stereocenters. The van der Waals surface area contributed by atoms with Gasteiger partial charge in [-0.25, -0.2) is 0 Å². The highest BCUT2D eigenvalue weighted by Crippen LogP contribution is 2.32. The van der Waals surface area contributed by atoms with E-state index in [0.29, 0.717) is 0 Å². The van der Waals surface area contributed by atoms with Crippen molar-refractivity contribution < 1.29 is 13.2 Å². The van der Waals surface area contributed by atoms with Crippen LogP contribution in [0, 0.1) is 0 Å². The molecule has 0 aliphatic carbocycles. The third-order valence-electron chi connectivity index (χ3n) is 3.18. The molecule has 0 heterocycles. The Morgan fingerprint density at radius 2 is 1.68 bits per heavy atom. The van der Waals surface area contributed by atoms with E-state index in [9.17, 15) is 13.2 Å². The van der Waals surface area contributed by atoms with E-state index in [1.165, 1.54) is 17.7 Å². The highest BCUT2D eigenvalue weighted by atomic mass is 19.4. The number of benzene rings is 2. The van der Waals surface area contributed by atoms with Crippen LogP contribution in [-0.4, -0.2) is 6.18 Å². The summed E-state index contributed by atoms with van der Waals surface area (Å²) in [5, 5.41) is 1.74. The van der Waals surface area contributed by atoms with Crippen molar-refractivity contribution in [3.8, 4) is 0 Å². The summed E-state index contributed by atoms with van der Waals surface area (Å²) >= 11 is 0. The number of halogens is 3. The van der Waals surface area contributed by atoms with Gasteiger partial charge in [-0.3, -0.25) is 0 Å². The summed E-state index contributed by atoms with van der Waals surface area (Å²) in [6.07, 6.45) is -2.39. The molecule has 4 heteroatoms. The minimum absolute atomic E-state index is 0.100. The van der Waals surface area contributed by atoms with Crippen LogP contribution in [0.4, 0.5) is 13.2 Å². The van der Waals surface area contributed by atoms with Crippen molar-refractivity contribution in [3.63, 3.8) is 0 Å². The van der Waals surface area contributed by atoms with Gasteiger partial charge in [0.25, 0.3) is 0 Å². The van der Waals surface area contributed by atoms with Crippen LogP contribution in [0.3, 0.4) is 0 Å². The van der Waals surface area contributed by atoms with Gasteiger partial charge < -0.3 is 5.73 Å². The number of aryl methyl sites for hydroxylation is 1. The van der Waals surface area contributed by atoms with Crippen molar-refractivity contribution in [1.82, 2.24) is 0 Å². The molecule has 2 N–H and O–H groups in total. The zero-order valence-electron chi connectivity index (χ0n) is 10.7. The van der Waals surface area contributed by atoms with Crippen molar-refractivity contribution >= 4 is 10.8 Å². The molecule has 1 atom stereocenters. The summed E-state index contributed by atoms with van der Waals surface area (Å²) in [6.45, 7) is 2.09. The van der Waals surface area contributed by atoms with Crippen LogP contribution in [0.5, 0.6) is 0 Å². The maximum atomic E-state index is 12.6. The van der Waals surface area contributed by atoms with Crippen LogP contribution < -0.4 is 5.73 Å². The van der Waals surface area contributed by atoms with Gasteiger partial charge in [0.1, 0.15) is 6.04 Å². The first-order valence-electron chi connectivity index (χ1n) is 6.26. The summed E-state index contributed by atoms with van der Waals surface area (Å²) in [7, 11) is 0. The summed E-state index contributed by atoms with van der Waals surface area (Å²) < 4.78 is 37.7. The minimum atomic E-state index is -4.41. The maximum absolute atomic E-state index is 12.6. The first kappa shape index (κ1) is 13.9. The highest BCUT2D eigenvalue weighted by Gasteiger charge is 2.37. The van der Waals surface area contributed by atoms with Gasteiger partial charge in [-0.2, -0.15) is 13.2 Å². The fourth-order valence-corrected chi connectivity index (χ4v) is 2.14. The van der Waals surface area contributed by atoms with Gasteiger partial charge in [0.2, 0.25) is 0 Å². The molecule has 2 rings (SSSR count). The Bertz CT molecular complexity index is 575. The van der Waals surface area contributed by atoms with E-state index in [-0.39, 0.29) is 5.56 Å². The van der Waals surface area contributed by atoms with E-state index in [4.69, 9.17) is 5.73 Å². The van der Waals surface area contributed by atoms with Gasteiger partial charge in [0, 0.05) is 0 Å². The van der Waals surface area contributed by atoms with Crippen molar-refractivity contribution in [2.45, 2.75) is 32.0 Å². The summed E-state index contributed by atoms with van der Waals surface area (Å²) in [5.41, 5.74) is 6.51. The minimum Gasteiger partial charge on any atom is -0.316 e. The summed E-state index contributed by atoms with van der Waals surface area (Å²) in [5.74, 6) is 0. The Hall–Kier alpha value is -1.55. The van der Waals surface area contributed by atoms with Crippen LogP contribution in [0.15, 0.2) is 36.4 Å². The average molecular weight is 267 g/mol. The molecule has 0 fully saturated rings. The van der Waals surface area contributed by atoms with Crippen LogP contribution in [0.25, 0.3) is 10.8 Å². The maximum Gasteiger partial charge on any atom is 0.407 e. The number of hydrogen-bond donors (Lipinski definition) is 1. The van der Waals surface area contributed by atoms with E-state index >= 15 is 0 Å². The van der Waals surface area contributed by atoms with E-state index < -0.39 is 12.2 Å². The zero-order valence-corrected chi connectivity index (χ0v) is 10.7. The lowest BCUT2D eigenvalue weighted by Crippen LogP contribution is -2.28. The fourth-order valence-electron chi connectivity index (χ4n) is 2.14. The second-order valence-corrected chi connectivity index (χ2v) is 4.71. The number of rotatable bonds is 3. The number of alkyl halides is 3. The Labute approximate surface area is 110 Å². The Kier molecular flexibility index (Phi) is 3.80. The molecule has 0 spiro atoms. The molecule has 2 aromatic rings. The third kappa shape index (κ3) is 3.07. The molecule has 0 radical (unpaired) electrons. The second-order valence-electron chi connectivity index (χ2n) is 4.71. The molecule has 1 nitrogen and oxygen atoms in total. The van der Waals surface area contributed by atoms with Crippen molar-refractivity contribution in [3.05, 3.63) is 47.5 Å². The number of fused-ring (bicyclic) bond motifs is 1. The van der Waals surface area contributed by atoms with Gasteiger partial charge in [0.15, 0.2) is 0 Å². The Balaban J connectivity index is 2.39. The van der Waals surface area contributed by atoms with Crippen LogP contribution in [0.1, 0.15) is 30.5 Å². The molecule has 0 saturated carbocycles. The van der Waals surface area contributed by atoms with Crippen LogP contribution in [0.2, 0.25) is 0 Å². The van der Waals surface area contributed by atoms with E-state index in [0.717, 1.165) is 23.6 Å². The number of nitrogens with two attached hydrogens (primary N) is 1. The quantitative estimate of drug-likeness (QED) is 0.878. The molecule has 19 heavy (non-hydrogen) atoms. The first-order chi connectivity index (χ1) is 8.91. The highest BCUT2D eigenvalue weighted by molar-refractivity contribution is 5.84. The van der Waals surface area contributed by atoms with E-state index in [1.807, 2.05) is 18.2 Å². The standard InChI is InChI=1S/C15H16F3N/c1-2-3-10-4-5-12-9-13(7-6-11(12)8-10)14(19)15(16,17)18/h4-9,14H,2-3,19H2,1H3/t14-/m0/s1. The largest absolute Gasteiger partial charge is 0.407 e. The fraction of sp³-hybridized carbons (Fsp3) is 0.333. The molecule has 0 amide bonds. The molecule has 0 aromatic heterocycles. The molecule has 0 aliphatic rings. The zero-order chi connectivity index (χ0) is 14.0. The van der Waals surface area contributed by atoms with E-state index in [2.05, 4.69) is 6.92 Å². The van der Waals surface area contributed by atoms with Crippen LogP contribution in [-0.2, 0) is 6.42 Å². The molecule has 0 saturated heterocycles.